The zero-order chi connectivity index (χ0) is 14.8. The Morgan fingerprint density at radius 1 is 1.18 bits per heavy atom. The van der Waals surface area contributed by atoms with Crippen LogP contribution in [-0.4, -0.2) is 28.8 Å². The minimum absolute atomic E-state index is 0.435. The summed E-state index contributed by atoms with van der Waals surface area (Å²) in [7, 11) is 0. The van der Waals surface area contributed by atoms with Gasteiger partial charge in [-0.3, -0.25) is 0 Å². The summed E-state index contributed by atoms with van der Waals surface area (Å²) in [6.07, 6.45) is 2.99. The van der Waals surface area contributed by atoms with E-state index in [-0.39, 0.29) is 0 Å². The van der Waals surface area contributed by atoms with Crippen molar-refractivity contribution in [2.24, 2.45) is 0 Å². The number of benzene rings is 2. The number of nitrogens with one attached hydrogen (secondary N) is 1. The number of rotatable bonds is 4. The molecule has 2 aromatic carbocycles. The second-order valence-electron chi connectivity index (χ2n) is 5.77. The van der Waals surface area contributed by atoms with Gasteiger partial charge in [-0.05, 0) is 36.2 Å². The van der Waals surface area contributed by atoms with Crippen molar-refractivity contribution < 1.29 is 4.74 Å². The monoisotopic (exact) mass is 293 g/mol. The lowest BCUT2D eigenvalue weighted by Gasteiger charge is -2.13. The van der Waals surface area contributed by atoms with Crippen LogP contribution in [0.1, 0.15) is 12.0 Å². The second kappa shape index (κ2) is 5.81. The Kier molecular flexibility index (Phi) is 3.52. The summed E-state index contributed by atoms with van der Waals surface area (Å²) in [5.74, 6) is 0. The summed E-state index contributed by atoms with van der Waals surface area (Å²) < 4.78 is 7.61. The largest absolute Gasteiger partial charge is 0.380 e. The van der Waals surface area contributed by atoms with Gasteiger partial charge in [0.25, 0.3) is 0 Å². The third kappa shape index (κ3) is 2.70. The number of hydrogen-bond donors (Lipinski definition) is 1. The molecule has 2 heterocycles. The maximum absolute atomic E-state index is 5.42. The van der Waals surface area contributed by atoms with Crippen molar-refractivity contribution in [1.82, 2.24) is 9.55 Å². The van der Waals surface area contributed by atoms with E-state index in [1.807, 2.05) is 18.5 Å². The van der Waals surface area contributed by atoms with Crippen molar-refractivity contribution >= 4 is 16.7 Å². The van der Waals surface area contributed by atoms with Gasteiger partial charge in [0, 0.05) is 18.8 Å². The molecule has 0 bridgehead atoms. The highest BCUT2D eigenvalue weighted by Crippen LogP contribution is 2.18. The Bertz CT molecular complexity index is 775. The summed E-state index contributed by atoms with van der Waals surface area (Å²) in [5.41, 5.74) is 4.65. The van der Waals surface area contributed by atoms with E-state index in [0.717, 1.165) is 37.4 Å². The van der Waals surface area contributed by atoms with Crippen molar-refractivity contribution in [2.75, 3.05) is 18.5 Å². The number of ether oxygens (including phenoxy) is 1. The van der Waals surface area contributed by atoms with E-state index >= 15 is 0 Å². The van der Waals surface area contributed by atoms with E-state index < -0.39 is 0 Å². The first-order valence-corrected chi connectivity index (χ1v) is 7.71. The Balaban J connectivity index is 1.55. The van der Waals surface area contributed by atoms with Crippen LogP contribution in [0.25, 0.3) is 11.0 Å². The Labute approximate surface area is 129 Å². The van der Waals surface area contributed by atoms with Crippen LogP contribution in [0.3, 0.4) is 0 Å². The summed E-state index contributed by atoms with van der Waals surface area (Å²) in [6.45, 7) is 2.49. The zero-order valence-electron chi connectivity index (χ0n) is 12.4. The predicted octanol–water partition coefficient (Wildman–Crippen LogP) is 3.29. The van der Waals surface area contributed by atoms with Gasteiger partial charge in [0.15, 0.2) is 0 Å². The van der Waals surface area contributed by atoms with Crippen LogP contribution in [0.2, 0.25) is 0 Å². The first-order valence-electron chi connectivity index (χ1n) is 7.71. The molecule has 0 amide bonds. The van der Waals surface area contributed by atoms with Gasteiger partial charge in [0.2, 0.25) is 0 Å². The Morgan fingerprint density at radius 3 is 3.05 bits per heavy atom. The highest BCUT2D eigenvalue weighted by molar-refractivity contribution is 5.75. The summed E-state index contributed by atoms with van der Waals surface area (Å²) >= 11 is 0. The Hall–Kier alpha value is -2.33. The number of fused-ring (bicyclic) bond motifs is 1. The van der Waals surface area contributed by atoms with Gasteiger partial charge in [-0.1, -0.05) is 24.3 Å². The minimum atomic E-state index is 0.435. The highest BCUT2D eigenvalue weighted by atomic mass is 16.5. The summed E-state index contributed by atoms with van der Waals surface area (Å²) in [4.78, 5) is 4.45. The molecule has 0 radical (unpaired) electrons. The molecule has 4 rings (SSSR count). The van der Waals surface area contributed by atoms with Crippen molar-refractivity contribution in [3.63, 3.8) is 0 Å². The van der Waals surface area contributed by atoms with Crippen molar-refractivity contribution in [3.05, 3.63) is 60.4 Å². The van der Waals surface area contributed by atoms with Gasteiger partial charge in [-0.2, -0.15) is 0 Å². The topological polar surface area (TPSA) is 39.1 Å². The number of aromatic nitrogens is 2. The van der Waals surface area contributed by atoms with Gasteiger partial charge >= 0.3 is 0 Å². The molecule has 0 unspecified atom stereocenters. The first kappa shape index (κ1) is 13.3. The smallest absolute Gasteiger partial charge is 0.0961 e. The maximum atomic E-state index is 5.42. The number of imidazole rings is 1. The fourth-order valence-corrected chi connectivity index (χ4v) is 2.98. The molecule has 3 aromatic rings. The average Bonchev–Trinajstić information content (AvgIpc) is 3.18. The van der Waals surface area contributed by atoms with E-state index in [9.17, 15) is 0 Å². The van der Waals surface area contributed by atoms with Gasteiger partial charge < -0.3 is 14.6 Å². The standard InChI is InChI=1S/C18H19N3O/c1-2-7-18-17(6-1)19-13-21(18)11-14-4-3-5-15(10-14)20-16-8-9-22-12-16/h1-7,10,13,16,20H,8-9,11-12H2/t16-/m1/s1. The van der Waals surface area contributed by atoms with Crippen LogP contribution in [0.5, 0.6) is 0 Å². The maximum Gasteiger partial charge on any atom is 0.0961 e. The lowest BCUT2D eigenvalue weighted by molar-refractivity contribution is 0.195. The van der Waals surface area contributed by atoms with E-state index in [1.165, 1.54) is 11.1 Å². The molecule has 1 atom stereocenters. The summed E-state index contributed by atoms with van der Waals surface area (Å²) in [5, 5.41) is 3.55. The van der Waals surface area contributed by atoms with Crippen molar-refractivity contribution in [2.45, 2.75) is 19.0 Å². The van der Waals surface area contributed by atoms with E-state index in [2.05, 4.69) is 51.3 Å². The SMILES string of the molecule is c1cc(Cn2cnc3ccccc32)cc(N[C@@H]2CCOC2)c1. The predicted molar refractivity (Wildman–Crippen MR) is 88.1 cm³/mol. The number of para-hydroxylation sites is 2. The third-order valence-corrected chi connectivity index (χ3v) is 4.11. The van der Waals surface area contributed by atoms with Crippen LogP contribution in [0, 0.1) is 0 Å². The second-order valence-corrected chi connectivity index (χ2v) is 5.77. The minimum Gasteiger partial charge on any atom is -0.380 e. The molecule has 1 aliphatic rings. The van der Waals surface area contributed by atoms with Gasteiger partial charge in [0.1, 0.15) is 0 Å². The van der Waals surface area contributed by atoms with E-state index in [0.29, 0.717) is 6.04 Å². The lowest BCUT2D eigenvalue weighted by atomic mass is 10.1. The number of anilines is 1. The quantitative estimate of drug-likeness (QED) is 0.802. The molecule has 1 fully saturated rings. The molecule has 4 heteroatoms. The molecule has 0 aliphatic carbocycles. The summed E-state index contributed by atoms with van der Waals surface area (Å²) in [6, 6.07) is 17.3. The van der Waals surface area contributed by atoms with Crippen LogP contribution >= 0.6 is 0 Å². The molecule has 22 heavy (non-hydrogen) atoms. The van der Waals surface area contributed by atoms with Crippen LogP contribution in [0.4, 0.5) is 5.69 Å². The van der Waals surface area contributed by atoms with E-state index in [4.69, 9.17) is 4.74 Å². The van der Waals surface area contributed by atoms with Gasteiger partial charge in [-0.15, -0.1) is 0 Å². The van der Waals surface area contributed by atoms with Crippen LogP contribution in [0.15, 0.2) is 54.9 Å². The van der Waals surface area contributed by atoms with Crippen molar-refractivity contribution in [3.8, 4) is 0 Å². The average molecular weight is 293 g/mol. The molecule has 1 aromatic heterocycles. The van der Waals surface area contributed by atoms with Gasteiger partial charge in [0.05, 0.1) is 30.0 Å². The molecule has 1 N–H and O–H groups in total. The molecule has 0 saturated carbocycles. The fourth-order valence-electron chi connectivity index (χ4n) is 2.98. The van der Waals surface area contributed by atoms with Crippen LogP contribution < -0.4 is 5.32 Å². The zero-order valence-corrected chi connectivity index (χ0v) is 12.4. The highest BCUT2D eigenvalue weighted by Gasteiger charge is 2.15. The molecule has 1 saturated heterocycles. The third-order valence-electron chi connectivity index (χ3n) is 4.11. The molecular weight excluding hydrogens is 274 g/mol. The molecule has 1 aliphatic heterocycles. The molecular formula is C18H19N3O. The van der Waals surface area contributed by atoms with Gasteiger partial charge in [-0.25, -0.2) is 4.98 Å². The number of hydrogen-bond acceptors (Lipinski definition) is 3. The normalized spacial score (nSPS) is 17.9. The van der Waals surface area contributed by atoms with Crippen LogP contribution in [-0.2, 0) is 11.3 Å². The van der Waals surface area contributed by atoms with Crippen molar-refractivity contribution in [1.29, 1.82) is 0 Å². The first-order chi connectivity index (χ1) is 10.9. The lowest BCUT2D eigenvalue weighted by Crippen LogP contribution is -2.18. The molecule has 112 valence electrons. The van der Waals surface area contributed by atoms with E-state index in [1.54, 1.807) is 0 Å². The fraction of sp³-hybridized carbons (Fsp3) is 0.278. The molecule has 4 nitrogen and oxygen atoms in total. The molecule has 0 spiro atoms. The Morgan fingerprint density at radius 2 is 2.14 bits per heavy atom. The number of nitrogens with zero attached hydrogens (tertiary/aromatic N) is 2.